The minimum atomic E-state index is -3.40. The molecule has 8 bridgehead atoms. The first-order valence-electron chi connectivity index (χ1n) is 32.6. The van der Waals surface area contributed by atoms with Crippen LogP contribution in [-0.2, 0) is 85.2 Å². The number of phenolic OH excluding ortho intramolecular Hbond substituents is 12. The van der Waals surface area contributed by atoms with Gasteiger partial charge in [0.25, 0.3) is 0 Å². The van der Waals surface area contributed by atoms with Crippen molar-refractivity contribution in [3.63, 3.8) is 0 Å². The van der Waals surface area contributed by atoms with Crippen molar-refractivity contribution in [2.75, 3.05) is 52.9 Å². The standard InChI is InChI=1S/C72H76O24P4S4/c1-69(2)29-85-97(101,86-30-69)93-41-17-9-37(10-18-41)53-45-25-47(59(75)65(81)57(45)73)54(38-11-19-42(20-12-38)94-98(102)87-31-70(3,4)32-88-98)49-27-51(63(79)67(83)61(49)77)56(40-15-23-44(24-16-40)96-100(104)91-35-72(7,8)36-92-100)52-28-50(62(78)68(84)64(52)80)55(48-26-46(53)58(74)66(82)60(48)76)39-13-21-43(22-14-39)95-99(103)89-33-71(5,6)34-90-99/h9-28,53-56,73-84H,29-36H2,1-8H3. The van der Waals surface area contributed by atoms with Crippen molar-refractivity contribution in [1.82, 2.24) is 0 Å². The van der Waals surface area contributed by atoms with E-state index in [4.69, 9.17) is 103 Å². The van der Waals surface area contributed by atoms with Crippen molar-refractivity contribution < 1.29 is 116 Å². The van der Waals surface area contributed by atoms with Gasteiger partial charge in [-0.3, -0.25) is 0 Å². The van der Waals surface area contributed by atoms with E-state index in [1.54, 1.807) is 0 Å². The zero-order valence-corrected chi connectivity index (χ0v) is 64.0. The third-order valence-electron chi connectivity index (χ3n) is 18.3. The second-order valence-corrected chi connectivity index (χ2v) is 41.2. The fraction of sp³-hybridized carbons (Fsp3) is 0.333. The van der Waals surface area contributed by atoms with E-state index >= 15 is 0 Å². The largest absolute Gasteiger partial charge is 0.504 e. The number of benzene rings is 8. The minimum absolute atomic E-state index is 0.135. The van der Waals surface area contributed by atoms with E-state index in [2.05, 4.69) is 0 Å². The Labute approximate surface area is 622 Å². The third-order valence-corrected chi connectivity index (χ3v) is 27.1. The summed E-state index contributed by atoms with van der Waals surface area (Å²) in [6.45, 7) is 17.2. The van der Waals surface area contributed by atoms with E-state index in [0.717, 1.165) is 0 Å². The van der Waals surface area contributed by atoms with Crippen molar-refractivity contribution >= 4 is 77.6 Å². The molecule has 4 saturated heterocycles. The maximum absolute atomic E-state index is 12.7. The molecule has 552 valence electrons. The number of fused-ring (bicyclic) bond motifs is 8. The Bertz CT molecular complexity index is 3890. The maximum atomic E-state index is 12.7. The number of aromatic hydroxyl groups is 12. The summed E-state index contributed by atoms with van der Waals surface area (Å²) >= 11 is 23.1. The molecule has 8 aromatic rings. The molecule has 32 heteroatoms. The number of hydrogen-bond donors (Lipinski definition) is 12. The second-order valence-electron chi connectivity index (χ2n) is 29.4. The van der Waals surface area contributed by atoms with Crippen LogP contribution in [0.15, 0.2) is 121 Å². The van der Waals surface area contributed by atoms with E-state index in [1.807, 2.05) is 55.4 Å². The molecule has 0 spiro atoms. The number of rotatable bonds is 12. The van der Waals surface area contributed by atoms with E-state index in [0.29, 0.717) is 0 Å². The molecule has 0 amide bonds. The van der Waals surface area contributed by atoms with Gasteiger partial charge in [-0.05, 0) is 95.1 Å². The van der Waals surface area contributed by atoms with Gasteiger partial charge < -0.3 is 128 Å². The van der Waals surface area contributed by atoms with E-state index in [-0.39, 0.29) is 164 Å². The van der Waals surface area contributed by atoms with Crippen molar-refractivity contribution in [2.45, 2.75) is 79.1 Å². The summed E-state index contributed by atoms with van der Waals surface area (Å²) in [5.74, 6) is -18.7. The van der Waals surface area contributed by atoms with Crippen LogP contribution in [0.5, 0.6) is 92.0 Å². The van der Waals surface area contributed by atoms with Gasteiger partial charge in [0, 0.05) is 89.8 Å². The lowest BCUT2D eigenvalue weighted by molar-refractivity contribution is 0.0385. The first-order chi connectivity index (χ1) is 48.8. The summed E-state index contributed by atoms with van der Waals surface area (Å²) in [7, 11) is -13.6. The molecule has 13 rings (SSSR count). The molecule has 5 aliphatic rings. The maximum Gasteiger partial charge on any atom is 0.334 e. The molecule has 1 aliphatic carbocycles. The van der Waals surface area contributed by atoms with Crippen LogP contribution in [0, 0.1) is 21.7 Å². The lowest BCUT2D eigenvalue weighted by Gasteiger charge is -2.37. The van der Waals surface area contributed by atoms with Gasteiger partial charge in [-0.1, -0.05) is 104 Å². The first kappa shape index (κ1) is 75.6. The molecule has 4 aliphatic heterocycles. The Morgan fingerprint density at radius 2 is 0.385 bits per heavy atom. The summed E-state index contributed by atoms with van der Waals surface area (Å²) in [4.78, 5) is 0. The highest BCUT2D eigenvalue weighted by Gasteiger charge is 2.47. The molecule has 0 unspecified atom stereocenters. The molecule has 0 aromatic heterocycles. The summed E-state index contributed by atoms with van der Waals surface area (Å²) in [6.07, 6.45) is 0. The molecule has 4 heterocycles. The molecule has 4 fully saturated rings. The lowest BCUT2D eigenvalue weighted by atomic mass is 9.74. The van der Waals surface area contributed by atoms with Crippen LogP contribution >= 0.6 is 28.6 Å². The van der Waals surface area contributed by atoms with Gasteiger partial charge in [-0.25, -0.2) is 0 Å². The predicted octanol–water partition coefficient (Wildman–Crippen LogP) is 15.9. The first-order valence-corrected chi connectivity index (χ1v) is 42.8. The Kier molecular flexibility index (Phi) is 20.2. The molecule has 24 nitrogen and oxygen atoms in total. The van der Waals surface area contributed by atoms with Crippen LogP contribution in [0.4, 0.5) is 0 Å². The molecule has 8 aromatic carbocycles. The average Bonchev–Trinajstić information content (AvgIpc) is 0.729. The Morgan fingerprint density at radius 3 is 0.519 bits per heavy atom. The predicted molar refractivity (Wildman–Crippen MR) is 398 cm³/mol. The quantitative estimate of drug-likeness (QED) is 0.0307. The van der Waals surface area contributed by atoms with Crippen molar-refractivity contribution in [3.05, 3.63) is 188 Å². The minimum Gasteiger partial charge on any atom is -0.504 e. The number of phenols is 12. The summed E-state index contributed by atoms with van der Waals surface area (Å²) < 4.78 is 72.7. The van der Waals surface area contributed by atoms with Crippen molar-refractivity contribution in [1.29, 1.82) is 0 Å². The molecule has 12 N–H and O–H groups in total. The van der Waals surface area contributed by atoms with Crippen LogP contribution in [0.3, 0.4) is 0 Å². The lowest BCUT2D eigenvalue weighted by Crippen LogP contribution is -2.32. The Balaban J connectivity index is 1.08. The van der Waals surface area contributed by atoms with E-state index in [1.165, 1.54) is 121 Å². The second kappa shape index (κ2) is 27.9. The number of hydrogen-bond acceptors (Lipinski definition) is 28. The van der Waals surface area contributed by atoms with Gasteiger partial charge in [0.15, 0.2) is 69.0 Å². The molecule has 0 atom stereocenters. The van der Waals surface area contributed by atoms with Gasteiger partial charge in [-0.2, -0.15) is 36.2 Å². The van der Waals surface area contributed by atoms with Crippen molar-refractivity contribution in [2.24, 2.45) is 21.7 Å². The Morgan fingerprint density at radius 1 is 0.250 bits per heavy atom. The molecular weight excluding hydrogens is 1500 g/mol. The summed E-state index contributed by atoms with van der Waals surface area (Å²) in [6, 6.07) is 28.8. The smallest absolute Gasteiger partial charge is 0.334 e. The SMILES string of the molecule is CC1(C)CO[P+]([S-])(Oc2ccc(C3c4cc(c(O)c(O)c4O)C(c4ccc(O[P+]5([S-])OCC(C)(C)CO5)cc4)c4cc(c(O)c(O)c4O)C(c4ccc(O[P+]5([S-])OCC(C)(C)CO5)cc4)c4cc(c(O)c(O)c4O)C(c4ccc(O[P+]5([S-])OCC(C)(C)CO5)cc4)c4cc3c(O)c(O)c4O)cc2)OC1. The summed E-state index contributed by atoms with van der Waals surface area (Å²) in [5.41, 5.74) is -3.69. The van der Waals surface area contributed by atoms with E-state index in [9.17, 15) is 61.3 Å². The van der Waals surface area contributed by atoms with Gasteiger partial charge in [-0.15, -0.1) is 0 Å². The van der Waals surface area contributed by atoms with Crippen LogP contribution in [0.2, 0.25) is 0 Å². The van der Waals surface area contributed by atoms with Crippen LogP contribution in [0.1, 0.15) is 146 Å². The van der Waals surface area contributed by atoms with Gasteiger partial charge >= 0.3 is 28.6 Å². The molecule has 0 radical (unpaired) electrons. The van der Waals surface area contributed by atoms with Crippen molar-refractivity contribution in [3.8, 4) is 92.0 Å². The molecule has 0 saturated carbocycles. The monoisotopic (exact) mass is 1580 g/mol. The fourth-order valence-electron chi connectivity index (χ4n) is 12.6. The Hall–Kier alpha value is -6.64. The van der Waals surface area contributed by atoms with Crippen LogP contribution < -0.4 is 18.1 Å². The van der Waals surface area contributed by atoms with Gasteiger partial charge in [0.2, 0.25) is 23.0 Å². The highest BCUT2D eigenvalue weighted by atomic mass is 32.7. The third kappa shape index (κ3) is 15.1. The topological polar surface area (TPSA) is 354 Å². The zero-order valence-electron chi connectivity index (χ0n) is 57.2. The average molecular weight is 1580 g/mol. The van der Waals surface area contributed by atoms with Crippen LogP contribution in [0.25, 0.3) is 0 Å². The van der Waals surface area contributed by atoms with Crippen LogP contribution in [-0.4, -0.2) is 114 Å². The highest BCUT2D eigenvalue weighted by molar-refractivity contribution is 8.37. The highest BCUT2D eigenvalue weighted by Crippen LogP contribution is 2.68. The fourth-order valence-corrected chi connectivity index (χ4v) is 21.2. The van der Waals surface area contributed by atoms with E-state index < -0.39 is 121 Å². The van der Waals surface area contributed by atoms with Gasteiger partial charge in [0.05, 0.1) is 0 Å². The zero-order chi connectivity index (χ0) is 74.8. The van der Waals surface area contributed by atoms with Gasteiger partial charge in [0.1, 0.15) is 52.9 Å². The molecule has 104 heavy (non-hydrogen) atoms. The molecular formula is C72H76O24P4S4. The normalized spacial score (nSPS) is 22.5. The summed E-state index contributed by atoms with van der Waals surface area (Å²) in [5, 5.41) is 151.